The van der Waals surface area contributed by atoms with Crippen LogP contribution in [0.15, 0.2) is 9.42 Å². The van der Waals surface area contributed by atoms with Crippen LogP contribution in [-0.2, 0) is 19.6 Å². The van der Waals surface area contributed by atoms with Crippen LogP contribution in [0, 0.1) is 19.8 Å². The number of carbonyl (C=O) groups is 1. The lowest BCUT2D eigenvalue weighted by Crippen LogP contribution is -2.53. The van der Waals surface area contributed by atoms with Crippen LogP contribution in [0.25, 0.3) is 0 Å². The Kier molecular flexibility index (Phi) is 8.40. The van der Waals surface area contributed by atoms with Crippen LogP contribution in [0.2, 0.25) is 0 Å². The molecular weight excluding hydrogens is 465 g/mol. The van der Waals surface area contributed by atoms with Crippen molar-refractivity contribution in [2.75, 3.05) is 59.0 Å². The summed E-state index contributed by atoms with van der Waals surface area (Å²) in [6, 6.07) is 0. The number of aromatic nitrogens is 1. The van der Waals surface area contributed by atoms with Gasteiger partial charge in [-0.3, -0.25) is 9.69 Å². The first-order valence-corrected chi connectivity index (χ1v) is 12.5. The van der Waals surface area contributed by atoms with Crippen LogP contribution in [0.1, 0.15) is 30.7 Å². The molecule has 2 aliphatic heterocycles. The summed E-state index contributed by atoms with van der Waals surface area (Å²) in [4.78, 5) is 17.0. The van der Waals surface area contributed by atoms with Crippen LogP contribution in [0.3, 0.4) is 0 Å². The summed E-state index contributed by atoms with van der Waals surface area (Å²) >= 11 is 0. The van der Waals surface area contributed by atoms with Gasteiger partial charge in [-0.15, -0.1) is 0 Å². The summed E-state index contributed by atoms with van der Waals surface area (Å²) in [6.45, 7) is 5.28. The Morgan fingerprint density at radius 1 is 1.18 bits per heavy atom. The average Bonchev–Trinajstić information content (AvgIpc) is 3.11. The quantitative estimate of drug-likeness (QED) is 0.507. The standard InChI is InChI=1S/C20H31F3N4O5S/c1-15-18(16(2)32-24-15)33(29,30)27-7-3-5-17(13-27)19(28)26-10-8-25(9-11-26)6-4-12-31-14-20(21,22)23/h17H,3-14H2,1-2H3. The Morgan fingerprint density at radius 3 is 2.48 bits per heavy atom. The number of piperazine rings is 1. The van der Waals surface area contributed by atoms with Gasteiger partial charge in [-0.1, -0.05) is 5.16 Å². The molecule has 1 aromatic rings. The summed E-state index contributed by atoms with van der Waals surface area (Å²) in [5.41, 5.74) is 0.306. The molecule has 3 rings (SSSR count). The molecule has 188 valence electrons. The van der Waals surface area contributed by atoms with Gasteiger partial charge in [0.2, 0.25) is 15.9 Å². The fourth-order valence-electron chi connectivity index (χ4n) is 4.36. The third-order valence-corrected chi connectivity index (χ3v) is 8.12. The molecule has 0 radical (unpaired) electrons. The summed E-state index contributed by atoms with van der Waals surface area (Å²) < 4.78 is 73.5. The molecule has 3 heterocycles. The number of ether oxygens (including phenoxy) is 1. The Balaban J connectivity index is 1.47. The maximum Gasteiger partial charge on any atom is 0.411 e. The molecule has 1 aromatic heterocycles. The van der Waals surface area contributed by atoms with Crippen LogP contribution in [-0.4, -0.2) is 98.8 Å². The molecule has 0 N–H and O–H groups in total. The lowest BCUT2D eigenvalue weighted by molar-refractivity contribution is -0.174. The average molecular weight is 497 g/mol. The number of piperidine rings is 1. The highest BCUT2D eigenvalue weighted by atomic mass is 32.2. The second kappa shape index (κ2) is 10.7. The lowest BCUT2D eigenvalue weighted by Gasteiger charge is -2.38. The third-order valence-electron chi connectivity index (χ3n) is 6.01. The Labute approximate surface area is 191 Å². The van der Waals surface area contributed by atoms with E-state index in [1.54, 1.807) is 18.7 Å². The number of rotatable bonds is 8. The molecule has 2 saturated heterocycles. The Hall–Kier alpha value is -1.70. The van der Waals surface area contributed by atoms with E-state index >= 15 is 0 Å². The fourth-order valence-corrected chi connectivity index (χ4v) is 6.18. The molecule has 13 heteroatoms. The van der Waals surface area contributed by atoms with E-state index in [1.165, 1.54) is 4.31 Å². The van der Waals surface area contributed by atoms with Gasteiger partial charge in [-0.05, 0) is 33.1 Å². The van der Waals surface area contributed by atoms with Crippen molar-refractivity contribution in [1.29, 1.82) is 0 Å². The summed E-state index contributed by atoms with van der Waals surface area (Å²) in [5, 5.41) is 3.74. The highest BCUT2D eigenvalue weighted by Gasteiger charge is 2.38. The van der Waals surface area contributed by atoms with Crippen molar-refractivity contribution in [3.05, 3.63) is 11.5 Å². The predicted molar refractivity (Wildman–Crippen MR) is 112 cm³/mol. The number of carbonyl (C=O) groups excluding carboxylic acids is 1. The minimum absolute atomic E-state index is 0.0379. The molecule has 1 unspecified atom stereocenters. The van der Waals surface area contributed by atoms with E-state index < -0.39 is 28.7 Å². The Morgan fingerprint density at radius 2 is 1.88 bits per heavy atom. The van der Waals surface area contributed by atoms with Gasteiger partial charge in [0.05, 0.1) is 5.92 Å². The minimum Gasteiger partial charge on any atom is -0.372 e. The first kappa shape index (κ1) is 25.9. The normalized spacial score (nSPS) is 21.5. The number of amides is 1. The van der Waals surface area contributed by atoms with Crippen molar-refractivity contribution in [1.82, 2.24) is 19.3 Å². The Bertz CT molecular complexity index is 894. The van der Waals surface area contributed by atoms with Crippen molar-refractivity contribution in [2.45, 2.75) is 44.2 Å². The third kappa shape index (κ3) is 6.67. The summed E-state index contributed by atoms with van der Waals surface area (Å²) in [6.07, 6.45) is -2.60. The van der Waals surface area contributed by atoms with Gasteiger partial charge in [-0.2, -0.15) is 17.5 Å². The molecule has 0 spiro atoms. The van der Waals surface area contributed by atoms with E-state index in [2.05, 4.69) is 14.8 Å². The number of hydrogen-bond acceptors (Lipinski definition) is 7. The zero-order valence-corrected chi connectivity index (χ0v) is 19.8. The molecule has 1 amide bonds. The van der Waals surface area contributed by atoms with E-state index in [9.17, 15) is 26.4 Å². The molecule has 0 bridgehead atoms. The lowest BCUT2D eigenvalue weighted by atomic mass is 9.97. The highest BCUT2D eigenvalue weighted by molar-refractivity contribution is 7.89. The van der Waals surface area contributed by atoms with Crippen molar-refractivity contribution in [3.8, 4) is 0 Å². The number of nitrogens with zero attached hydrogens (tertiary/aromatic N) is 4. The monoisotopic (exact) mass is 496 g/mol. The van der Waals surface area contributed by atoms with Gasteiger partial charge in [0.25, 0.3) is 0 Å². The molecule has 0 saturated carbocycles. The van der Waals surface area contributed by atoms with Crippen molar-refractivity contribution in [3.63, 3.8) is 0 Å². The van der Waals surface area contributed by atoms with Gasteiger partial charge in [-0.25, -0.2) is 8.42 Å². The molecule has 0 aromatic carbocycles. The maximum atomic E-state index is 13.1. The second-order valence-corrected chi connectivity index (χ2v) is 10.4. The minimum atomic E-state index is -4.31. The van der Waals surface area contributed by atoms with Crippen molar-refractivity contribution < 1.29 is 35.6 Å². The van der Waals surface area contributed by atoms with Gasteiger partial charge in [0.15, 0.2) is 5.76 Å². The number of alkyl halides is 3. The SMILES string of the molecule is Cc1noc(C)c1S(=O)(=O)N1CCCC(C(=O)N2CCN(CCCOCC(F)(F)F)CC2)C1. The van der Waals surface area contributed by atoms with Crippen LogP contribution in [0.4, 0.5) is 13.2 Å². The van der Waals surface area contributed by atoms with Crippen molar-refractivity contribution >= 4 is 15.9 Å². The molecule has 1 atom stereocenters. The van der Waals surface area contributed by atoms with E-state index in [-0.39, 0.29) is 29.7 Å². The first-order valence-electron chi connectivity index (χ1n) is 11.1. The topological polar surface area (TPSA) is 96.2 Å². The molecule has 2 fully saturated rings. The van der Waals surface area contributed by atoms with E-state index in [1.807, 2.05) is 0 Å². The number of halogens is 3. The van der Waals surface area contributed by atoms with Crippen LogP contribution < -0.4 is 0 Å². The van der Waals surface area contributed by atoms with Crippen LogP contribution in [0.5, 0.6) is 0 Å². The molecule has 9 nitrogen and oxygen atoms in total. The van der Waals surface area contributed by atoms with E-state index in [0.717, 1.165) is 0 Å². The largest absolute Gasteiger partial charge is 0.411 e. The van der Waals surface area contributed by atoms with E-state index in [0.29, 0.717) is 64.2 Å². The summed E-state index contributed by atoms with van der Waals surface area (Å²) in [7, 11) is -3.79. The highest BCUT2D eigenvalue weighted by Crippen LogP contribution is 2.28. The van der Waals surface area contributed by atoms with E-state index in [4.69, 9.17) is 4.52 Å². The predicted octanol–water partition coefficient (Wildman–Crippen LogP) is 1.81. The zero-order chi connectivity index (χ0) is 24.2. The smallest absolute Gasteiger partial charge is 0.372 e. The summed E-state index contributed by atoms with van der Waals surface area (Å²) in [5.74, 6) is -0.223. The van der Waals surface area contributed by atoms with Crippen LogP contribution >= 0.6 is 0 Å². The maximum absolute atomic E-state index is 13.1. The van der Waals surface area contributed by atoms with Crippen molar-refractivity contribution in [2.24, 2.45) is 5.92 Å². The second-order valence-electron chi connectivity index (χ2n) is 8.54. The number of hydrogen-bond donors (Lipinski definition) is 0. The molecule has 33 heavy (non-hydrogen) atoms. The van der Waals surface area contributed by atoms with Gasteiger partial charge in [0, 0.05) is 52.4 Å². The molecule has 0 aliphatic carbocycles. The van der Waals surface area contributed by atoms with Gasteiger partial charge >= 0.3 is 6.18 Å². The first-order chi connectivity index (χ1) is 15.5. The molecule has 2 aliphatic rings. The fraction of sp³-hybridized carbons (Fsp3) is 0.800. The zero-order valence-electron chi connectivity index (χ0n) is 18.9. The molecular formula is C20H31F3N4O5S. The van der Waals surface area contributed by atoms with Gasteiger partial charge < -0.3 is 14.2 Å². The number of sulfonamides is 1. The number of aryl methyl sites for hydroxylation is 2. The van der Waals surface area contributed by atoms with Gasteiger partial charge in [0.1, 0.15) is 17.2 Å².